The van der Waals surface area contributed by atoms with Gasteiger partial charge in [0.2, 0.25) is 0 Å². The van der Waals surface area contributed by atoms with Gasteiger partial charge < -0.3 is 15.0 Å². The Labute approximate surface area is 180 Å². The largest absolute Gasteiger partial charge is 0.379 e. The highest BCUT2D eigenvalue weighted by atomic mass is 127. The fourth-order valence-corrected chi connectivity index (χ4v) is 6.84. The molecule has 7 heteroatoms. The smallest absolute Gasteiger partial charge is 0.193 e. The Morgan fingerprint density at radius 1 is 1.12 bits per heavy atom. The van der Waals surface area contributed by atoms with Crippen molar-refractivity contribution in [1.29, 1.82) is 0 Å². The van der Waals surface area contributed by atoms with Gasteiger partial charge in [-0.05, 0) is 36.9 Å². The van der Waals surface area contributed by atoms with E-state index in [1.54, 1.807) is 0 Å². The standard InChI is InChI=1S/C19H34N4OS.HI/c1-20-17(22-8-6-18(15-22)4-2-3-5-18)21-14-19(7-13-25-16-19)23-9-11-24-12-10-23;/h2-16H2,1H3,(H,20,21);1H. The van der Waals surface area contributed by atoms with E-state index in [1.807, 2.05) is 7.05 Å². The molecule has 4 rings (SSSR count). The summed E-state index contributed by atoms with van der Waals surface area (Å²) < 4.78 is 5.59. The van der Waals surface area contributed by atoms with Gasteiger partial charge in [0, 0.05) is 51.1 Å². The lowest BCUT2D eigenvalue weighted by Crippen LogP contribution is -2.60. The number of hydrogen-bond acceptors (Lipinski definition) is 4. The maximum Gasteiger partial charge on any atom is 0.193 e. The molecule has 0 radical (unpaired) electrons. The van der Waals surface area contributed by atoms with Crippen LogP contribution >= 0.6 is 35.7 Å². The van der Waals surface area contributed by atoms with E-state index < -0.39 is 0 Å². The second-order valence-electron chi connectivity index (χ2n) is 8.41. The third-order valence-corrected chi connectivity index (χ3v) is 8.19. The number of likely N-dealkylation sites (tertiary alicyclic amines) is 1. The molecule has 3 heterocycles. The molecule has 0 aromatic heterocycles. The van der Waals surface area contributed by atoms with Crippen molar-refractivity contribution in [1.82, 2.24) is 15.1 Å². The fraction of sp³-hybridized carbons (Fsp3) is 0.947. The molecule has 1 unspecified atom stereocenters. The molecule has 3 saturated heterocycles. The maximum absolute atomic E-state index is 5.59. The molecule has 0 aromatic carbocycles. The Morgan fingerprint density at radius 2 is 1.88 bits per heavy atom. The highest BCUT2D eigenvalue weighted by Crippen LogP contribution is 2.45. The molecular weight excluding hydrogens is 459 g/mol. The van der Waals surface area contributed by atoms with Crippen LogP contribution < -0.4 is 5.32 Å². The van der Waals surface area contributed by atoms with Crippen LogP contribution in [0.4, 0.5) is 0 Å². The van der Waals surface area contributed by atoms with Crippen LogP contribution in [0.2, 0.25) is 0 Å². The topological polar surface area (TPSA) is 40.1 Å². The van der Waals surface area contributed by atoms with Gasteiger partial charge in [0.05, 0.1) is 13.2 Å². The van der Waals surface area contributed by atoms with Gasteiger partial charge in [0.15, 0.2) is 5.96 Å². The van der Waals surface area contributed by atoms with E-state index in [2.05, 4.69) is 31.9 Å². The quantitative estimate of drug-likeness (QED) is 0.371. The Hall–Kier alpha value is 0.270. The number of thioether (sulfide) groups is 1. The fourth-order valence-electron chi connectivity index (χ4n) is 5.36. The van der Waals surface area contributed by atoms with Gasteiger partial charge in [0.25, 0.3) is 0 Å². The molecule has 1 spiro atoms. The minimum Gasteiger partial charge on any atom is -0.379 e. The average molecular weight is 494 g/mol. The van der Waals surface area contributed by atoms with Crippen molar-refractivity contribution < 1.29 is 4.74 Å². The zero-order valence-electron chi connectivity index (χ0n) is 16.2. The van der Waals surface area contributed by atoms with Crippen molar-refractivity contribution in [2.75, 3.05) is 64.5 Å². The molecule has 1 N–H and O–H groups in total. The highest BCUT2D eigenvalue weighted by Gasteiger charge is 2.43. The van der Waals surface area contributed by atoms with Crippen molar-refractivity contribution in [2.24, 2.45) is 10.4 Å². The van der Waals surface area contributed by atoms with Crippen LogP contribution in [0.25, 0.3) is 0 Å². The first-order valence-corrected chi connectivity index (χ1v) is 11.3. The SMILES string of the molecule is CN=C(NCC1(N2CCOCC2)CCSC1)N1CCC2(CCCC2)C1.I. The molecule has 0 bridgehead atoms. The number of ether oxygens (including phenoxy) is 1. The van der Waals surface area contributed by atoms with Crippen molar-refractivity contribution in [2.45, 2.75) is 44.1 Å². The van der Waals surface area contributed by atoms with Crippen LogP contribution in [-0.2, 0) is 4.74 Å². The first-order valence-electron chi connectivity index (χ1n) is 10.1. The predicted molar refractivity (Wildman–Crippen MR) is 121 cm³/mol. The van der Waals surface area contributed by atoms with E-state index in [0.717, 1.165) is 38.8 Å². The third kappa shape index (κ3) is 4.30. The first-order chi connectivity index (χ1) is 12.3. The van der Waals surface area contributed by atoms with Crippen molar-refractivity contribution in [3.63, 3.8) is 0 Å². The molecule has 1 atom stereocenters. The van der Waals surface area contributed by atoms with Gasteiger partial charge in [-0.25, -0.2) is 0 Å². The normalized spacial score (nSPS) is 32.2. The van der Waals surface area contributed by atoms with E-state index in [4.69, 9.17) is 4.74 Å². The maximum atomic E-state index is 5.59. The number of rotatable bonds is 3. The molecule has 26 heavy (non-hydrogen) atoms. The van der Waals surface area contributed by atoms with E-state index in [-0.39, 0.29) is 29.5 Å². The summed E-state index contributed by atoms with van der Waals surface area (Å²) in [7, 11) is 1.95. The predicted octanol–water partition coefficient (Wildman–Crippen LogP) is 2.65. The van der Waals surface area contributed by atoms with Gasteiger partial charge in [-0.15, -0.1) is 24.0 Å². The molecular formula is C19H35IN4OS. The summed E-state index contributed by atoms with van der Waals surface area (Å²) in [6.45, 7) is 7.34. The average Bonchev–Trinajstić information content (AvgIpc) is 3.40. The molecule has 0 amide bonds. The van der Waals surface area contributed by atoms with E-state index in [9.17, 15) is 0 Å². The Bertz CT molecular complexity index is 486. The number of nitrogens with one attached hydrogen (secondary N) is 1. The second kappa shape index (κ2) is 9.18. The van der Waals surface area contributed by atoms with E-state index in [1.165, 1.54) is 63.1 Å². The number of guanidine groups is 1. The van der Waals surface area contributed by atoms with Crippen LogP contribution in [0.15, 0.2) is 4.99 Å². The molecule has 1 saturated carbocycles. The summed E-state index contributed by atoms with van der Waals surface area (Å²) in [5.74, 6) is 3.65. The highest BCUT2D eigenvalue weighted by molar-refractivity contribution is 14.0. The number of aliphatic imine (C=N–C) groups is 1. The third-order valence-electron chi connectivity index (χ3n) is 6.95. The number of morpholine rings is 1. The van der Waals surface area contributed by atoms with Crippen molar-refractivity contribution in [3.05, 3.63) is 0 Å². The summed E-state index contributed by atoms with van der Waals surface area (Å²) in [5.41, 5.74) is 0.887. The molecule has 4 aliphatic rings. The molecule has 3 aliphatic heterocycles. The molecule has 5 nitrogen and oxygen atoms in total. The summed E-state index contributed by atoms with van der Waals surface area (Å²) in [6, 6.07) is 0. The van der Waals surface area contributed by atoms with Crippen molar-refractivity contribution in [3.8, 4) is 0 Å². The number of halogens is 1. The summed E-state index contributed by atoms with van der Waals surface area (Å²) in [6.07, 6.45) is 8.35. The lowest BCUT2D eigenvalue weighted by Gasteiger charge is -2.43. The number of hydrogen-bond donors (Lipinski definition) is 1. The van der Waals surface area contributed by atoms with E-state index >= 15 is 0 Å². The van der Waals surface area contributed by atoms with Gasteiger partial charge >= 0.3 is 0 Å². The van der Waals surface area contributed by atoms with Crippen LogP contribution in [0.1, 0.15) is 38.5 Å². The summed E-state index contributed by atoms with van der Waals surface area (Å²) >= 11 is 2.11. The van der Waals surface area contributed by atoms with E-state index in [0.29, 0.717) is 5.41 Å². The minimum absolute atomic E-state index is 0. The molecule has 1 aliphatic carbocycles. The lowest BCUT2D eigenvalue weighted by molar-refractivity contribution is -0.0121. The Morgan fingerprint density at radius 3 is 2.54 bits per heavy atom. The number of nitrogens with zero attached hydrogens (tertiary/aromatic N) is 3. The minimum atomic E-state index is 0. The summed E-state index contributed by atoms with van der Waals surface area (Å²) in [4.78, 5) is 9.85. The summed E-state index contributed by atoms with van der Waals surface area (Å²) in [5, 5.41) is 3.78. The van der Waals surface area contributed by atoms with Crippen molar-refractivity contribution >= 4 is 41.7 Å². The lowest BCUT2D eigenvalue weighted by atomic mass is 9.86. The van der Waals surface area contributed by atoms with Crippen LogP contribution in [0.5, 0.6) is 0 Å². The van der Waals surface area contributed by atoms with Gasteiger partial charge in [-0.1, -0.05) is 12.8 Å². The van der Waals surface area contributed by atoms with Crippen LogP contribution in [0.3, 0.4) is 0 Å². The van der Waals surface area contributed by atoms with Crippen LogP contribution in [-0.4, -0.2) is 85.8 Å². The van der Waals surface area contributed by atoms with Crippen LogP contribution in [0, 0.1) is 5.41 Å². The molecule has 4 fully saturated rings. The van der Waals surface area contributed by atoms with Gasteiger partial charge in [-0.3, -0.25) is 9.89 Å². The molecule has 150 valence electrons. The van der Waals surface area contributed by atoms with Gasteiger partial charge in [0.1, 0.15) is 0 Å². The monoisotopic (exact) mass is 494 g/mol. The zero-order chi connectivity index (χ0) is 17.2. The second-order valence-corrected chi connectivity index (χ2v) is 9.51. The Kier molecular flexibility index (Phi) is 7.41. The zero-order valence-corrected chi connectivity index (χ0v) is 19.3. The first kappa shape index (κ1) is 21.0. The van der Waals surface area contributed by atoms with Gasteiger partial charge in [-0.2, -0.15) is 11.8 Å². The Balaban J connectivity index is 0.00000196. The molecule has 0 aromatic rings.